The number of hydrogen-bond donors (Lipinski definition) is 0. The van der Waals surface area contributed by atoms with Gasteiger partial charge in [0.05, 0.1) is 5.97 Å². The quantitative estimate of drug-likeness (QED) is 0.399. The van der Waals surface area contributed by atoms with Crippen LogP contribution in [0.5, 0.6) is 0 Å². The molecule has 1 heterocycles. The molecule has 5 heteroatoms. The van der Waals surface area contributed by atoms with Gasteiger partial charge in [-0.2, -0.15) is 0 Å². The van der Waals surface area contributed by atoms with Crippen LogP contribution in [0.15, 0.2) is 67.0 Å². The molecule has 0 N–H and O–H groups in total. The summed E-state index contributed by atoms with van der Waals surface area (Å²) < 4.78 is 0. The summed E-state index contributed by atoms with van der Waals surface area (Å²) in [7, 11) is 0. The van der Waals surface area contributed by atoms with Crippen molar-refractivity contribution >= 4 is 39.1 Å². The second kappa shape index (κ2) is 7.14. The van der Waals surface area contributed by atoms with Gasteiger partial charge in [-0.1, -0.05) is 35.9 Å². The first kappa shape index (κ1) is 17.9. The van der Waals surface area contributed by atoms with Gasteiger partial charge in [-0.05, 0) is 63.2 Å². The Kier molecular flexibility index (Phi) is 5.11. The Morgan fingerprint density at radius 1 is 0.920 bits per heavy atom. The van der Waals surface area contributed by atoms with Crippen molar-refractivity contribution in [2.75, 3.05) is 0 Å². The molecule has 0 radical (unpaired) electrons. The fourth-order valence-corrected chi connectivity index (χ4v) is 3.13. The number of carboxylic acid groups (broad SMARTS) is 1. The van der Waals surface area contributed by atoms with Crippen LogP contribution in [0.1, 0.15) is 10.4 Å². The number of carbonyl (C=O) groups excluding carboxylic acids is 1. The molecule has 4 aromatic rings. The molecule has 0 saturated carbocycles. The Labute approximate surface area is 171 Å². The number of carbonyl (C=O) groups is 1. The first-order chi connectivity index (χ1) is 11.6. The van der Waals surface area contributed by atoms with Gasteiger partial charge < -0.3 is 9.90 Å². The van der Waals surface area contributed by atoms with Crippen LogP contribution in [-0.4, -0.2) is 11.0 Å². The predicted molar refractivity (Wildman–Crippen MR) is 94.0 cm³/mol. The summed E-state index contributed by atoms with van der Waals surface area (Å²) >= 11 is 5.99. The normalized spacial score (nSPS) is 10.6. The van der Waals surface area contributed by atoms with E-state index in [9.17, 15) is 9.90 Å². The van der Waals surface area contributed by atoms with Crippen molar-refractivity contribution in [2.45, 2.75) is 0 Å². The average molecular weight is 356 g/mol. The van der Waals surface area contributed by atoms with Crippen molar-refractivity contribution in [1.29, 1.82) is 0 Å². The third kappa shape index (κ3) is 3.29. The standard InChI is InChI=1S/C20H12ClNO2.Na/c21-15-4-1-12(2-5-15)18-10-14-9-13(20(23)24)3-6-16(14)19-11-22-8-7-17(18)19;/h1-11H,(H,23,24);/q;+1/p-1. The van der Waals surface area contributed by atoms with Gasteiger partial charge in [-0.15, -0.1) is 0 Å². The van der Waals surface area contributed by atoms with E-state index in [1.54, 1.807) is 30.6 Å². The van der Waals surface area contributed by atoms with Crippen LogP contribution in [0.3, 0.4) is 0 Å². The largest absolute Gasteiger partial charge is 1.00 e. The molecule has 0 amide bonds. The van der Waals surface area contributed by atoms with E-state index in [1.807, 2.05) is 36.4 Å². The SMILES string of the molecule is O=C([O-])c1ccc2c(c1)cc(-c1ccc(Cl)cc1)c1ccncc12.[Na+]. The van der Waals surface area contributed by atoms with Gasteiger partial charge in [-0.3, -0.25) is 4.98 Å². The van der Waals surface area contributed by atoms with Gasteiger partial charge >= 0.3 is 29.6 Å². The summed E-state index contributed by atoms with van der Waals surface area (Å²) in [6.07, 6.45) is 3.55. The molecule has 0 aliphatic heterocycles. The van der Waals surface area contributed by atoms with Crippen molar-refractivity contribution in [2.24, 2.45) is 0 Å². The van der Waals surface area contributed by atoms with Crippen molar-refractivity contribution in [1.82, 2.24) is 4.98 Å². The summed E-state index contributed by atoms with van der Waals surface area (Å²) in [4.78, 5) is 15.4. The predicted octanol–water partition coefficient (Wildman–Crippen LogP) is 1.08. The summed E-state index contributed by atoms with van der Waals surface area (Å²) in [6.45, 7) is 0. The molecule has 1 aromatic heterocycles. The molecule has 0 bridgehead atoms. The zero-order valence-electron chi connectivity index (χ0n) is 13.5. The molecular weight excluding hydrogens is 345 g/mol. The van der Waals surface area contributed by atoms with Gasteiger partial charge in [0.25, 0.3) is 0 Å². The van der Waals surface area contributed by atoms with Gasteiger partial charge in [-0.25, -0.2) is 0 Å². The average Bonchev–Trinajstić information content (AvgIpc) is 2.61. The topological polar surface area (TPSA) is 53.0 Å². The number of carboxylic acids is 1. The minimum absolute atomic E-state index is 0. The molecule has 0 atom stereocenters. The first-order valence-electron chi connectivity index (χ1n) is 7.41. The molecule has 116 valence electrons. The van der Waals surface area contributed by atoms with E-state index in [0.717, 1.165) is 32.7 Å². The van der Waals surface area contributed by atoms with E-state index < -0.39 is 5.97 Å². The molecule has 0 aliphatic rings. The van der Waals surface area contributed by atoms with Crippen molar-refractivity contribution in [3.05, 3.63) is 77.6 Å². The zero-order chi connectivity index (χ0) is 16.7. The number of hydrogen-bond acceptors (Lipinski definition) is 3. The maximum absolute atomic E-state index is 11.2. The third-order valence-corrected chi connectivity index (χ3v) is 4.40. The monoisotopic (exact) mass is 355 g/mol. The number of nitrogens with zero attached hydrogens (tertiary/aromatic N) is 1. The van der Waals surface area contributed by atoms with Crippen molar-refractivity contribution in [3.8, 4) is 11.1 Å². The minimum Gasteiger partial charge on any atom is -0.545 e. The number of pyridine rings is 1. The fraction of sp³-hybridized carbons (Fsp3) is 0. The van der Waals surface area contributed by atoms with E-state index in [2.05, 4.69) is 4.98 Å². The molecule has 3 nitrogen and oxygen atoms in total. The number of halogens is 1. The number of benzene rings is 3. The van der Waals surface area contributed by atoms with Crippen LogP contribution in [0, 0.1) is 0 Å². The Balaban J connectivity index is 0.00000182. The molecular formula is C20H11ClNNaO2. The molecule has 0 saturated heterocycles. The maximum Gasteiger partial charge on any atom is 1.00 e. The van der Waals surface area contributed by atoms with Crippen molar-refractivity contribution in [3.63, 3.8) is 0 Å². The second-order valence-electron chi connectivity index (χ2n) is 5.58. The second-order valence-corrected chi connectivity index (χ2v) is 6.01. The number of fused-ring (bicyclic) bond motifs is 3. The van der Waals surface area contributed by atoms with E-state index in [4.69, 9.17) is 11.6 Å². The van der Waals surface area contributed by atoms with E-state index in [-0.39, 0.29) is 35.1 Å². The Morgan fingerprint density at radius 3 is 2.40 bits per heavy atom. The van der Waals surface area contributed by atoms with Crippen LogP contribution >= 0.6 is 11.6 Å². The number of aromatic nitrogens is 1. The summed E-state index contributed by atoms with van der Waals surface area (Å²) in [5.41, 5.74) is 2.18. The van der Waals surface area contributed by atoms with E-state index in [1.165, 1.54) is 0 Å². The van der Waals surface area contributed by atoms with E-state index in [0.29, 0.717) is 5.02 Å². The van der Waals surface area contributed by atoms with Gasteiger partial charge in [0, 0.05) is 22.8 Å². The summed E-state index contributed by atoms with van der Waals surface area (Å²) in [5, 5.41) is 15.7. The molecule has 0 spiro atoms. The molecule has 0 unspecified atom stereocenters. The number of aromatic carboxylic acids is 1. The molecule has 4 rings (SSSR count). The van der Waals surface area contributed by atoms with Crippen LogP contribution in [-0.2, 0) is 0 Å². The van der Waals surface area contributed by atoms with Crippen LogP contribution in [0.25, 0.3) is 32.7 Å². The summed E-state index contributed by atoms with van der Waals surface area (Å²) in [5.74, 6) is -1.18. The molecule has 0 fully saturated rings. The Hall–Kier alpha value is -1.91. The van der Waals surface area contributed by atoms with Crippen molar-refractivity contribution < 1.29 is 39.5 Å². The molecule has 0 aliphatic carbocycles. The van der Waals surface area contributed by atoms with Gasteiger partial charge in [0.2, 0.25) is 0 Å². The number of rotatable bonds is 2. The van der Waals surface area contributed by atoms with Crippen LogP contribution in [0.2, 0.25) is 5.02 Å². The first-order valence-corrected chi connectivity index (χ1v) is 7.79. The fourth-order valence-electron chi connectivity index (χ4n) is 3.00. The third-order valence-electron chi connectivity index (χ3n) is 4.14. The van der Waals surface area contributed by atoms with E-state index >= 15 is 0 Å². The molecule has 25 heavy (non-hydrogen) atoms. The maximum atomic E-state index is 11.2. The van der Waals surface area contributed by atoms with Crippen LogP contribution < -0.4 is 34.7 Å². The molecule has 3 aromatic carbocycles. The minimum atomic E-state index is -1.18. The van der Waals surface area contributed by atoms with Crippen LogP contribution in [0.4, 0.5) is 0 Å². The van der Waals surface area contributed by atoms with Gasteiger partial charge in [0.1, 0.15) is 0 Å². The zero-order valence-corrected chi connectivity index (χ0v) is 16.2. The Bertz CT molecular complexity index is 1090. The smallest absolute Gasteiger partial charge is 0.545 e. The summed E-state index contributed by atoms with van der Waals surface area (Å²) in [6, 6.07) is 16.5. The van der Waals surface area contributed by atoms with Gasteiger partial charge in [0.15, 0.2) is 0 Å². The Morgan fingerprint density at radius 2 is 1.68 bits per heavy atom.